The van der Waals surface area contributed by atoms with Gasteiger partial charge in [-0.3, -0.25) is 14.4 Å². The van der Waals surface area contributed by atoms with Crippen LogP contribution >= 0.6 is 0 Å². The number of hydrogen-bond donors (Lipinski definition) is 2. The van der Waals surface area contributed by atoms with Crippen LogP contribution in [0.25, 0.3) is 0 Å². The minimum Gasteiger partial charge on any atom is -0.480 e. The fourth-order valence-electron chi connectivity index (χ4n) is 2.20. The summed E-state index contributed by atoms with van der Waals surface area (Å²) in [6.07, 6.45) is 1.95. The standard InChI is InChI=1S/C11H18N4O2/c1-8-9(6-14(2)13-8)7-15-4-3-12-5-10(15)11(16)17/h6,10,12H,3-5,7H2,1-2H3,(H,16,17). The summed E-state index contributed by atoms with van der Waals surface area (Å²) in [5.41, 5.74) is 2.07. The number of carboxylic acids is 1. The SMILES string of the molecule is Cc1nn(C)cc1CN1CCNCC1C(=O)O. The van der Waals surface area contributed by atoms with Gasteiger partial charge >= 0.3 is 5.97 Å². The smallest absolute Gasteiger partial charge is 0.322 e. The third-order valence-electron chi connectivity index (χ3n) is 3.13. The molecule has 6 heteroatoms. The zero-order valence-corrected chi connectivity index (χ0v) is 10.2. The molecule has 0 bridgehead atoms. The first-order valence-corrected chi connectivity index (χ1v) is 5.74. The van der Waals surface area contributed by atoms with E-state index in [-0.39, 0.29) is 0 Å². The van der Waals surface area contributed by atoms with Crippen LogP contribution in [0.2, 0.25) is 0 Å². The van der Waals surface area contributed by atoms with Crippen LogP contribution in [-0.2, 0) is 18.4 Å². The quantitative estimate of drug-likeness (QED) is 0.749. The number of nitrogens with one attached hydrogen (secondary N) is 1. The second-order valence-electron chi connectivity index (χ2n) is 4.44. The molecule has 94 valence electrons. The number of rotatable bonds is 3. The molecule has 0 aromatic carbocycles. The van der Waals surface area contributed by atoms with Crippen molar-refractivity contribution in [1.29, 1.82) is 0 Å². The molecule has 1 unspecified atom stereocenters. The highest BCUT2D eigenvalue weighted by Gasteiger charge is 2.28. The molecule has 0 amide bonds. The Morgan fingerprint density at radius 3 is 3.06 bits per heavy atom. The number of hydrogen-bond acceptors (Lipinski definition) is 4. The van der Waals surface area contributed by atoms with E-state index in [0.29, 0.717) is 13.1 Å². The molecular formula is C11H18N4O2. The maximum atomic E-state index is 11.1. The van der Waals surface area contributed by atoms with Crippen molar-refractivity contribution in [3.8, 4) is 0 Å². The van der Waals surface area contributed by atoms with Crippen LogP contribution in [0.5, 0.6) is 0 Å². The highest BCUT2D eigenvalue weighted by Crippen LogP contribution is 2.13. The number of aryl methyl sites for hydroxylation is 2. The van der Waals surface area contributed by atoms with Crippen molar-refractivity contribution in [2.24, 2.45) is 7.05 Å². The van der Waals surface area contributed by atoms with Crippen LogP contribution in [0.3, 0.4) is 0 Å². The first-order chi connectivity index (χ1) is 8.08. The molecule has 0 saturated carbocycles. The largest absolute Gasteiger partial charge is 0.480 e. The Morgan fingerprint density at radius 2 is 2.47 bits per heavy atom. The molecule has 1 fully saturated rings. The predicted octanol–water partition coefficient (Wildman–Crippen LogP) is -0.413. The van der Waals surface area contributed by atoms with Gasteiger partial charge in [-0.2, -0.15) is 5.10 Å². The van der Waals surface area contributed by atoms with Crippen LogP contribution in [0.1, 0.15) is 11.3 Å². The van der Waals surface area contributed by atoms with Crippen LogP contribution < -0.4 is 5.32 Å². The van der Waals surface area contributed by atoms with Crippen molar-refractivity contribution < 1.29 is 9.90 Å². The third-order valence-corrected chi connectivity index (χ3v) is 3.13. The van der Waals surface area contributed by atoms with Gasteiger partial charge in [0.15, 0.2) is 0 Å². The van der Waals surface area contributed by atoms with E-state index in [9.17, 15) is 4.79 Å². The number of aliphatic carboxylic acids is 1. The van der Waals surface area contributed by atoms with Gasteiger partial charge in [0.1, 0.15) is 6.04 Å². The zero-order valence-electron chi connectivity index (χ0n) is 10.2. The maximum absolute atomic E-state index is 11.1. The molecule has 6 nitrogen and oxygen atoms in total. The molecule has 0 radical (unpaired) electrons. The second-order valence-corrected chi connectivity index (χ2v) is 4.44. The van der Waals surface area contributed by atoms with E-state index in [1.165, 1.54) is 0 Å². The molecule has 1 aromatic rings. The van der Waals surface area contributed by atoms with Crippen LogP contribution in [0.4, 0.5) is 0 Å². The van der Waals surface area contributed by atoms with Gasteiger partial charge in [-0.25, -0.2) is 0 Å². The lowest BCUT2D eigenvalue weighted by molar-refractivity contribution is -0.144. The summed E-state index contributed by atoms with van der Waals surface area (Å²) in [5.74, 6) is -0.765. The summed E-state index contributed by atoms with van der Waals surface area (Å²) in [7, 11) is 1.88. The molecule has 17 heavy (non-hydrogen) atoms. The molecule has 1 aromatic heterocycles. The van der Waals surface area contributed by atoms with Crippen molar-refractivity contribution in [1.82, 2.24) is 20.0 Å². The molecule has 1 saturated heterocycles. The maximum Gasteiger partial charge on any atom is 0.322 e. The van der Waals surface area contributed by atoms with Crippen LogP contribution in [0, 0.1) is 6.92 Å². The third kappa shape index (κ3) is 2.65. The van der Waals surface area contributed by atoms with E-state index < -0.39 is 12.0 Å². The molecule has 2 rings (SSSR count). The topological polar surface area (TPSA) is 70.4 Å². The summed E-state index contributed by atoms with van der Waals surface area (Å²) >= 11 is 0. The lowest BCUT2D eigenvalue weighted by atomic mass is 10.1. The summed E-state index contributed by atoms with van der Waals surface area (Å²) in [6.45, 7) is 4.70. The molecule has 1 aliphatic rings. The summed E-state index contributed by atoms with van der Waals surface area (Å²) < 4.78 is 1.77. The number of piperazine rings is 1. The Hall–Kier alpha value is -1.40. The lowest BCUT2D eigenvalue weighted by Crippen LogP contribution is -2.54. The van der Waals surface area contributed by atoms with E-state index in [4.69, 9.17) is 5.11 Å². The minimum absolute atomic E-state index is 0.441. The fraction of sp³-hybridized carbons (Fsp3) is 0.636. The van der Waals surface area contributed by atoms with Crippen molar-refractivity contribution in [2.75, 3.05) is 19.6 Å². The zero-order chi connectivity index (χ0) is 12.4. The highest BCUT2D eigenvalue weighted by molar-refractivity contribution is 5.74. The van der Waals surface area contributed by atoms with Crippen molar-refractivity contribution >= 4 is 5.97 Å². The van der Waals surface area contributed by atoms with Crippen molar-refractivity contribution in [3.05, 3.63) is 17.5 Å². The fourth-order valence-corrected chi connectivity index (χ4v) is 2.20. The summed E-state index contributed by atoms with van der Waals surface area (Å²) in [5, 5.41) is 16.5. The van der Waals surface area contributed by atoms with Gasteiger partial charge in [-0.1, -0.05) is 0 Å². The number of carbonyl (C=O) groups is 1. The van der Waals surface area contributed by atoms with Gasteiger partial charge in [0.05, 0.1) is 5.69 Å². The van der Waals surface area contributed by atoms with Gasteiger partial charge in [-0.15, -0.1) is 0 Å². The minimum atomic E-state index is -0.765. The Bertz CT molecular complexity index is 416. The first-order valence-electron chi connectivity index (χ1n) is 5.74. The molecule has 0 spiro atoms. The van der Waals surface area contributed by atoms with Gasteiger partial charge in [0, 0.05) is 45.0 Å². The van der Waals surface area contributed by atoms with E-state index >= 15 is 0 Å². The summed E-state index contributed by atoms with van der Waals surface area (Å²) in [4.78, 5) is 13.1. The van der Waals surface area contributed by atoms with Gasteiger partial charge < -0.3 is 10.4 Å². The molecule has 1 atom stereocenters. The van der Waals surface area contributed by atoms with Crippen LogP contribution in [0.15, 0.2) is 6.20 Å². The van der Waals surface area contributed by atoms with Gasteiger partial charge in [-0.05, 0) is 6.92 Å². The number of nitrogens with zero attached hydrogens (tertiary/aromatic N) is 3. The molecular weight excluding hydrogens is 220 g/mol. The van der Waals surface area contributed by atoms with E-state index in [2.05, 4.69) is 10.4 Å². The molecule has 1 aliphatic heterocycles. The average Bonchev–Trinajstić information content (AvgIpc) is 2.58. The van der Waals surface area contributed by atoms with Crippen LogP contribution in [-0.4, -0.2) is 51.4 Å². The average molecular weight is 238 g/mol. The van der Waals surface area contributed by atoms with Crippen molar-refractivity contribution in [2.45, 2.75) is 19.5 Å². The van der Waals surface area contributed by atoms with Gasteiger partial charge in [0.25, 0.3) is 0 Å². The van der Waals surface area contributed by atoms with E-state index in [1.54, 1.807) is 4.68 Å². The Balaban J connectivity index is 2.10. The molecule has 2 heterocycles. The lowest BCUT2D eigenvalue weighted by Gasteiger charge is -2.33. The first kappa shape index (κ1) is 12.1. The highest BCUT2D eigenvalue weighted by atomic mass is 16.4. The van der Waals surface area contributed by atoms with Gasteiger partial charge in [0.2, 0.25) is 0 Å². The second kappa shape index (κ2) is 4.85. The molecule has 2 N–H and O–H groups in total. The normalized spacial score (nSPS) is 21.6. The number of carboxylic acid groups (broad SMARTS) is 1. The van der Waals surface area contributed by atoms with E-state index in [0.717, 1.165) is 24.3 Å². The molecule has 0 aliphatic carbocycles. The summed E-state index contributed by atoms with van der Waals surface area (Å²) in [6, 6.07) is -0.441. The van der Waals surface area contributed by atoms with E-state index in [1.807, 2.05) is 25.1 Å². The monoisotopic (exact) mass is 238 g/mol. The Labute approximate surface area is 100 Å². The Morgan fingerprint density at radius 1 is 1.71 bits per heavy atom. The van der Waals surface area contributed by atoms with Crippen molar-refractivity contribution in [3.63, 3.8) is 0 Å². The predicted molar refractivity (Wildman–Crippen MR) is 62.6 cm³/mol. The number of aromatic nitrogens is 2. The Kier molecular flexibility index (Phi) is 3.44.